The van der Waals surface area contributed by atoms with Crippen LogP contribution in [0.3, 0.4) is 0 Å². The number of hydrogen-bond acceptors (Lipinski definition) is 8. The molecule has 9 nitrogen and oxygen atoms in total. The number of carbonyl (C=O) groups is 3. The second-order valence-electron chi connectivity index (χ2n) is 9.09. The third-order valence-electron chi connectivity index (χ3n) is 6.87. The number of ether oxygens (including phenoxy) is 2. The number of hydrogen-bond donors (Lipinski definition) is 1. The summed E-state index contributed by atoms with van der Waals surface area (Å²) >= 11 is 2.20. The third kappa shape index (κ3) is 4.42. The number of thiazole rings is 1. The van der Waals surface area contributed by atoms with Gasteiger partial charge >= 0.3 is 4.87 Å². The van der Waals surface area contributed by atoms with Crippen LogP contribution in [0.15, 0.2) is 58.4 Å². The molecule has 196 valence electrons. The average Bonchev–Trinajstić information content (AvgIpc) is 3.43. The van der Waals surface area contributed by atoms with Gasteiger partial charge in [-0.15, -0.1) is 0 Å². The first-order valence-corrected chi connectivity index (χ1v) is 13.7. The van der Waals surface area contributed by atoms with Crippen LogP contribution in [0.4, 0.5) is 10.1 Å². The van der Waals surface area contributed by atoms with Gasteiger partial charge in [0.15, 0.2) is 6.61 Å². The Labute approximate surface area is 224 Å². The number of aromatic nitrogens is 1. The lowest BCUT2D eigenvalue weighted by atomic mass is 9.83. The van der Waals surface area contributed by atoms with Crippen molar-refractivity contribution in [2.45, 2.75) is 16.2 Å². The zero-order chi connectivity index (χ0) is 26.4. The van der Waals surface area contributed by atoms with Gasteiger partial charge < -0.3 is 19.4 Å². The molecule has 6 rings (SSSR count). The molecule has 4 heterocycles. The third-order valence-corrected chi connectivity index (χ3v) is 9.28. The number of thioether (sulfide) groups is 1. The molecule has 0 saturated carbocycles. The Morgan fingerprint density at radius 2 is 1.74 bits per heavy atom. The minimum absolute atomic E-state index is 0.104. The van der Waals surface area contributed by atoms with Crippen molar-refractivity contribution >= 4 is 46.5 Å². The smallest absolute Gasteiger partial charge is 0.305 e. The van der Waals surface area contributed by atoms with E-state index in [0.717, 1.165) is 21.8 Å². The molecule has 0 aliphatic carbocycles. The fourth-order valence-corrected chi connectivity index (χ4v) is 7.56. The number of carbonyl (C=O) groups excluding carboxylic acids is 3. The SMILES string of the molecule is O=C(COc1ccc([C@H]2c3sc(=O)[nH]c3SC3C(=O)N(c4ccc(F)cc4)C(=O)C32)cc1)N1CCOCC1. The number of nitrogens with zero attached hydrogens (tertiary/aromatic N) is 2. The number of imide groups is 1. The molecule has 1 N–H and O–H groups in total. The monoisotopic (exact) mass is 555 g/mol. The molecule has 2 unspecified atom stereocenters. The van der Waals surface area contributed by atoms with Crippen molar-refractivity contribution in [1.82, 2.24) is 9.88 Å². The summed E-state index contributed by atoms with van der Waals surface area (Å²) in [5, 5.41) is -0.165. The van der Waals surface area contributed by atoms with E-state index in [1.54, 1.807) is 29.2 Å². The molecular formula is C26H22FN3O6S2. The lowest BCUT2D eigenvalue weighted by Crippen LogP contribution is -2.42. The number of H-pyrrole nitrogens is 1. The highest BCUT2D eigenvalue weighted by molar-refractivity contribution is 8.00. The molecule has 1 aromatic heterocycles. The van der Waals surface area contributed by atoms with Crippen molar-refractivity contribution in [3.05, 3.63) is 74.5 Å². The van der Waals surface area contributed by atoms with Crippen LogP contribution in [0.25, 0.3) is 0 Å². The van der Waals surface area contributed by atoms with Crippen LogP contribution in [0.2, 0.25) is 0 Å². The minimum atomic E-state index is -0.744. The number of benzene rings is 2. The van der Waals surface area contributed by atoms with Crippen molar-refractivity contribution in [2.24, 2.45) is 5.92 Å². The van der Waals surface area contributed by atoms with Crippen LogP contribution < -0.4 is 14.5 Å². The normalized spacial score (nSPS) is 22.8. The number of anilines is 1. The van der Waals surface area contributed by atoms with Gasteiger partial charge in [-0.05, 0) is 42.0 Å². The van der Waals surface area contributed by atoms with Crippen LogP contribution in [0, 0.1) is 11.7 Å². The molecule has 0 radical (unpaired) electrons. The summed E-state index contributed by atoms with van der Waals surface area (Å²) in [6.07, 6.45) is 0. The van der Waals surface area contributed by atoms with Gasteiger partial charge in [0.2, 0.25) is 11.8 Å². The highest BCUT2D eigenvalue weighted by atomic mass is 32.2. The highest BCUT2D eigenvalue weighted by Gasteiger charge is 2.56. The first kappa shape index (κ1) is 24.8. The van der Waals surface area contributed by atoms with Gasteiger partial charge in [0, 0.05) is 23.9 Å². The number of fused-ring (bicyclic) bond motifs is 2. The van der Waals surface area contributed by atoms with Gasteiger partial charge in [-0.3, -0.25) is 19.2 Å². The van der Waals surface area contributed by atoms with E-state index in [1.165, 1.54) is 36.0 Å². The van der Waals surface area contributed by atoms with Crippen molar-refractivity contribution < 1.29 is 28.2 Å². The highest BCUT2D eigenvalue weighted by Crippen LogP contribution is 2.53. The van der Waals surface area contributed by atoms with E-state index in [4.69, 9.17) is 9.47 Å². The van der Waals surface area contributed by atoms with Gasteiger partial charge in [-0.2, -0.15) is 0 Å². The van der Waals surface area contributed by atoms with E-state index in [2.05, 4.69) is 4.98 Å². The topological polar surface area (TPSA) is 109 Å². The largest absolute Gasteiger partial charge is 0.484 e. The van der Waals surface area contributed by atoms with Crippen molar-refractivity contribution in [2.75, 3.05) is 37.8 Å². The number of halogens is 1. The molecule has 2 aromatic carbocycles. The molecular weight excluding hydrogens is 533 g/mol. The van der Waals surface area contributed by atoms with Crippen LogP contribution in [-0.2, 0) is 19.1 Å². The molecule has 12 heteroatoms. The second kappa shape index (κ2) is 10.0. The summed E-state index contributed by atoms with van der Waals surface area (Å²) in [5.41, 5.74) is 1.05. The van der Waals surface area contributed by atoms with E-state index in [-0.39, 0.29) is 17.4 Å². The van der Waals surface area contributed by atoms with Crippen LogP contribution >= 0.6 is 23.1 Å². The molecule has 3 amide bonds. The Kier molecular flexibility index (Phi) is 6.54. The first-order valence-electron chi connectivity index (χ1n) is 12.0. The van der Waals surface area contributed by atoms with Crippen LogP contribution in [0.1, 0.15) is 16.4 Å². The number of morpholine rings is 1. The van der Waals surface area contributed by atoms with E-state index in [9.17, 15) is 23.6 Å². The van der Waals surface area contributed by atoms with Crippen molar-refractivity contribution in [3.63, 3.8) is 0 Å². The predicted molar refractivity (Wildman–Crippen MR) is 138 cm³/mol. The Hall–Kier alpha value is -3.48. The summed E-state index contributed by atoms with van der Waals surface area (Å²) < 4.78 is 24.5. The van der Waals surface area contributed by atoms with Gasteiger partial charge in [-0.25, -0.2) is 9.29 Å². The summed E-state index contributed by atoms with van der Waals surface area (Å²) in [5.74, 6) is -2.18. The van der Waals surface area contributed by atoms with Crippen molar-refractivity contribution in [1.29, 1.82) is 0 Å². The summed E-state index contributed by atoms with van der Waals surface area (Å²) in [6.45, 7) is 1.98. The van der Waals surface area contributed by atoms with Crippen molar-refractivity contribution in [3.8, 4) is 5.75 Å². The number of amides is 3. The predicted octanol–water partition coefficient (Wildman–Crippen LogP) is 2.61. The van der Waals surface area contributed by atoms with Gasteiger partial charge in [0.1, 0.15) is 16.8 Å². The molecule has 38 heavy (non-hydrogen) atoms. The molecule has 3 aromatic rings. The Morgan fingerprint density at radius 3 is 2.45 bits per heavy atom. The summed E-state index contributed by atoms with van der Waals surface area (Å²) in [7, 11) is 0. The standard InChI is InChI=1S/C26H22FN3O6S2/c27-15-3-5-16(6-4-15)30-24(32)20-19(21-23(28-26(34)38-21)37-22(20)25(30)33)14-1-7-17(8-2-14)36-13-18(31)29-9-11-35-12-10-29/h1-8,19-20,22H,9-13H2,(H,28,34)/t19-,20?,22?/m1/s1. The number of nitrogens with one attached hydrogen (secondary N) is 1. The Bertz CT molecular complexity index is 1450. The fraction of sp³-hybridized carbons (Fsp3) is 0.308. The van der Waals surface area contributed by atoms with Crippen LogP contribution in [0.5, 0.6) is 5.75 Å². The molecule has 0 bridgehead atoms. The van der Waals surface area contributed by atoms with Crippen LogP contribution in [-0.4, -0.2) is 65.8 Å². The van der Waals surface area contributed by atoms with Gasteiger partial charge in [-0.1, -0.05) is 35.2 Å². The molecule has 3 aliphatic heterocycles. The van der Waals surface area contributed by atoms with E-state index < -0.39 is 34.7 Å². The molecule has 3 aliphatic rings. The average molecular weight is 556 g/mol. The van der Waals surface area contributed by atoms with E-state index in [0.29, 0.717) is 47.6 Å². The van der Waals surface area contributed by atoms with E-state index in [1.807, 2.05) is 0 Å². The lowest BCUT2D eigenvalue weighted by molar-refractivity contribution is -0.137. The fourth-order valence-electron chi connectivity index (χ4n) is 5.04. The second-order valence-corrected chi connectivity index (χ2v) is 11.3. The maximum atomic E-state index is 13.7. The van der Waals surface area contributed by atoms with E-state index >= 15 is 0 Å². The quantitative estimate of drug-likeness (QED) is 0.482. The number of rotatable bonds is 5. The number of aromatic amines is 1. The molecule has 2 fully saturated rings. The first-order chi connectivity index (χ1) is 18.4. The molecule has 2 saturated heterocycles. The molecule has 0 spiro atoms. The van der Waals surface area contributed by atoms with Gasteiger partial charge in [0.05, 0.1) is 29.8 Å². The summed E-state index contributed by atoms with van der Waals surface area (Å²) in [4.78, 5) is 57.7. The lowest BCUT2D eigenvalue weighted by Gasteiger charge is -2.30. The molecule has 3 atom stereocenters. The Balaban J connectivity index is 1.27. The maximum absolute atomic E-state index is 13.7. The maximum Gasteiger partial charge on any atom is 0.305 e. The summed E-state index contributed by atoms with van der Waals surface area (Å²) in [6, 6.07) is 12.2. The Morgan fingerprint density at radius 1 is 1.03 bits per heavy atom. The zero-order valence-electron chi connectivity index (χ0n) is 19.9. The zero-order valence-corrected chi connectivity index (χ0v) is 21.6. The minimum Gasteiger partial charge on any atom is -0.484 e. The van der Waals surface area contributed by atoms with Gasteiger partial charge in [0.25, 0.3) is 5.91 Å².